The number of aliphatic hydroxyl groups excluding tert-OH is 1. The fourth-order valence-corrected chi connectivity index (χ4v) is 4.10. The molecular weight excluding hydrogens is 462 g/mol. The molecule has 1 atom stereocenters. The Morgan fingerprint density at radius 3 is 2.29 bits per heavy atom. The van der Waals surface area contributed by atoms with Crippen molar-refractivity contribution in [3.63, 3.8) is 0 Å². The molecule has 9 heteroatoms. The number of ether oxygens (including phenoxy) is 3. The van der Waals surface area contributed by atoms with Crippen LogP contribution in [0.25, 0.3) is 5.76 Å². The maximum atomic E-state index is 13.1. The van der Waals surface area contributed by atoms with Crippen molar-refractivity contribution in [3.05, 3.63) is 58.1 Å². The van der Waals surface area contributed by atoms with E-state index < -0.39 is 29.5 Å². The molecule has 0 aliphatic carbocycles. The van der Waals surface area contributed by atoms with Crippen LogP contribution in [0.2, 0.25) is 5.02 Å². The zero-order valence-corrected chi connectivity index (χ0v) is 20.1. The van der Waals surface area contributed by atoms with E-state index in [0.29, 0.717) is 30.0 Å². The summed E-state index contributed by atoms with van der Waals surface area (Å²) in [7, 11) is 2.85. The first-order valence-electron chi connectivity index (χ1n) is 10.7. The Morgan fingerprint density at radius 1 is 1.09 bits per heavy atom. The van der Waals surface area contributed by atoms with Crippen LogP contribution < -0.4 is 14.2 Å². The third-order valence-corrected chi connectivity index (χ3v) is 5.77. The average Bonchev–Trinajstić information content (AvgIpc) is 3.07. The first-order valence-corrected chi connectivity index (χ1v) is 11.1. The Hall–Kier alpha value is -3.52. The van der Waals surface area contributed by atoms with Gasteiger partial charge < -0.3 is 24.2 Å². The molecule has 0 saturated carbocycles. The summed E-state index contributed by atoms with van der Waals surface area (Å²) in [5.74, 6) is -1.51. The number of benzene rings is 2. The van der Waals surface area contributed by atoms with Crippen molar-refractivity contribution in [2.24, 2.45) is 0 Å². The van der Waals surface area contributed by atoms with Crippen molar-refractivity contribution >= 4 is 35.0 Å². The SMILES string of the molecule is CCCCN1C(=O)C(=O)/C(=C(/O)c2cc(Cl)c(OC)cc2OC)C1c1ccc(OC(C)=O)cc1. The van der Waals surface area contributed by atoms with Crippen molar-refractivity contribution < 1.29 is 33.7 Å². The average molecular weight is 488 g/mol. The zero-order chi connectivity index (χ0) is 25.0. The molecule has 2 aromatic rings. The predicted molar refractivity (Wildman–Crippen MR) is 126 cm³/mol. The number of aliphatic hydroxyl groups is 1. The molecule has 0 spiro atoms. The number of methoxy groups -OCH3 is 2. The lowest BCUT2D eigenvalue weighted by atomic mass is 9.94. The number of carbonyl (C=O) groups excluding carboxylic acids is 3. The number of nitrogens with zero attached hydrogens (tertiary/aromatic N) is 1. The smallest absolute Gasteiger partial charge is 0.308 e. The monoisotopic (exact) mass is 487 g/mol. The minimum atomic E-state index is -0.844. The van der Waals surface area contributed by atoms with Crippen LogP contribution in [0.3, 0.4) is 0 Å². The number of halogens is 1. The van der Waals surface area contributed by atoms with Gasteiger partial charge in [-0.15, -0.1) is 0 Å². The molecule has 1 aliphatic rings. The number of carbonyl (C=O) groups is 3. The molecule has 0 aromatic heterocycles. The third-order valence-electron chi connectivity index (χ3n) is 5.48. The van der Waals surface area contributed by atoms with Crippen LogP contribution in [0, 0.1) is 0 Å². The molecule has 1 amide bonds. The van der Waals surface area contributed by atoms with Crippen LogP contribution in [0.15, 0.2) is 42.0 Å². The summed E-state index contributed by atoms with van der Waals surface area (Å²) in [6, 6.07) is 8.52. The summed E-state index contributed by atoms with van der Waals surface area (Å²) in [6.07, 6.45) is 1.48. The van der Waals surface area contributed by atoms with Gasteiger partial charge in [0.1, 0.15) is 23.0 Å². The van der Waals surface area contributed by atoms with Gasteiger partial charge in [0.2, 0.25) is 0 Å². The van der Waals surface area contributed by atoms with Crippen molar-refractivity contribution in [2.75, 3.05) is 20.8 Å². The standard InChI is InChI=1S/C25H26ClNO7/c1-5-6-11-27-22(15-7-9-16(10-8-15)34-14(2)28)21(24(30)25(27)31)23(29)17-12-18(26)20(33-4)13-19(17)32-3/h7-10,12-13,22,29H,5-6,11H2,1-4H3/b23-21+. The van der Waals surface area contributed by atoms with E-state index in [1.165, 1.54) is 38.2 Å². The largest absolute Gasteiger partial charge is 0.507 e. The van der Waals surface area contributed by atoms with Gasteiger partial charge in [-0.3, -0.25) is 14.4 Å². The van der Waals surface area contributed by atoms with Gasteiger partial charge in [0.25, 0.3) is 11.7 Å². The molecule has 1 N–H and O–H groups in total. The molecule has 0 bridgehead atoms. The Kier molecular flexibility index (Phi) is 7.83. The number of ketones is 1. The van der Waals surface area contributed by atoms with Crippen molar-refractivity contribution in [2.45, 2.75) is 32.7 Å². The van der Waals surface area contributed by atoms with E-state index in [1.54, 1.807) is 24.3 Å². The molecule has 1 heterocycles. The molecule has 0 radical (unpaired) electrons. The quantitative estimate of drug-likeness (QED) is 0.192. The highest BCUT2D eigenvalue weighted by atomic mass is 35.5. The highest BCUT2D eigenvalue weighted by Crippen LogP contribution is 2.43. The van der Waals surface area contributed by atoms with Crippen molar-refractivity contribution in [1.82, 2.24) is 4.90 Å². The third kappa shape index (κ3) is 4.87. The Bertz CT molecular complexity index is 1140. The molecule has 2 aromatic carbocycles. The fourth-order valence-electron chi connectivity index (χ4n) is 3.86. The number of hydrogen-bond donors (Lipinski definition) is 1. The van der Waals surface area contributed by atoms with E-state index in [0.717, 1.165) is 6.42 Å². The van der Waals surface area contributed by atoms with Gasteiger partial charge in [-0.25, -0.2) is 0 Å². The number of unbranched alkanes of at least 4 members (excludes halogenated alkanes) is 1. The molecule has 1 unspecified atom stereocenters. The highest BCUT2D eigenvalue weighted by molar-refractivity contribution is 6.46. The van der Waals surface area contributed by atoms with Gasteiger partial charge in [0, 0.05) is 19.5 Å². The zero-order valence-electron chi connectivity index (χ0n) is 19.4. The molecule has 3 rings (SSSR count). The molecule has 1 fully saturated rings. The molecular formula is C25H26ClNO7. The molecule has 1 saturated heterocycles. The predicted octanol–water partition coefficient (Wildman–Crippen LogP) is 4.50. The fraction of sp³-hybridized carbons (Fsp3) is 0.320. The maximum absolute atomic E-state index is 13.1. The second-order valence-corrected chi connectivity index (χ2v) is 8.10. The Morgan fingerprint density at radius 2 is 1.74 bits per heavy atom. The summed E-state index contributed by atoms with van der Waals surface area (Å²) >= 11 is 6.27. The lowest BCUT2D eigenvalue weighted by Gasteiger charge is -2.25. The van der Waals surface area contributed by atoms with Crippen molar-refractivity contribution in [3.8, 4) is 17.2 Å². The minimum Gasteiger partial charge on any atom is -0.507 e. The first-order chi connectivity index (χ1) is 16.2. The van der Waals surface area contributed by atoms with Gasteiger partial charge >= 0.3 is 5.97 Å². The Balaban J connectivity index is 2.19. The second-order valence-electron chi connectivity index (χ2n) is 7.70. The number of rotatable bonds is 8. The van der Waals surface area contributed by atoms with E-state index in [1.807, 2.05) is 6.92 Å². The second kappa shape index (κ2) is 10.6. The van der Waals surface area contributed by atoms with E-state index in [-0.39, 0.29) is 21.9 Å². The lowest BCUT2D eigenvalue weighted by molar-refractivity contribution is -0.139. The number of hydrogen-bond acceptors (Lipinski definition) is 7. The highest BCUT2D eigenvalue weighted by Gasteiger charge is 2.46. The maximum Gasteiger partial charge on any atom is 0.308 e. The number of likely N-dealkylation sites (tertiary alicyclic amines) is 1. The van der Waals surface area contributed by atoms with Crippen LogP contribution in [0.1, 0.15) is 43.9 Å². The lowest BCUT2D eigenvalue weighted by Crippen LogP contribution is -2.30. The first kappa shape index (κ1) is 25.1. The van der Waals surface area contributed by atoms with Gasteiger partial charge in [-0.05, 0) is 30.2 Å². The summed E-state index contributed by atoms with van der Waals surface area (Å²) in [6.45, 7) is 3.60. The van der Waals surface area contributed by atoms with Gasteiger partial charge in [-0.2, -0.15) is 0 Å². The van der Waals surface area contributed by atoms with Crippen molar-refractivity contribution in [1.29, 1.82) is 0 Å². The summed E-state index contributed by atoms with van der Waals surface area (Å²) < 4.78 is 15.7. The van der Waals surface area contributed by atoms with Crippen LogP contribution in [-0.2, 0) is 14.4 Å². The summed E-state index contributed by atoms with van der Waals surface area (Å²) in [5, 5.41) is 11.5. The molecule has 34 heavy (non-hydrogen) atoms. The molecule has 180 valence electrons. The minimum absolute atomic E-state index is 0.0825. The van der Waals surface area contributed by atoms with E-state index in [9.17, 15) is 19.5 Å². The number of amides is 1. The van der Waals surface area contributed by atoms with Crippen LogP contribution in [-0.4, -0.2) is 48.4 Å². The summed E-state index contributed by atoms with van der Waals surface area (Å²) in [5.41, 5.74) is 0.649. The summed E-state index contributed by atoms with van der Waals surface area (Å²) in [4.78, 5) is 38.8. The van der Waals surface area contributed by atoms with Crippen LogP contribution >= 0.6 is 11.6 Å². The van der Waals surface area contributed by atoms with Crippen LogP contribution in [0.4, 0.5) is 0 Å². The van der Waals surface area contributed by atoms with Gasteiger partial charge in [-0.1, -0.05) is 37.1 Å². The van der Waals surface area contributed by atoms with E-state index >= 15 is 0 Å². The number of Topliss-reactive ketones (excluding diaryl/α,β-unsaturated/α-hetero) is 1. The molecule has 1 aliphatic heterocycles. The van der Waals surface area contributed by atoms with Gasteiger partial charge in [0.15, 0.2) is 0 Å². The van der Waals surface area contributed by atoms with Gasteiger partial charge in [0.05, 0.1) is 36.4 Å². The van der Waals surface area contributed by atoms with E-state index in [2.05, 4.69) is 0 Å². The van der Waals surface area contributed by atoms with Crippen LogP contribution in [0.5, 0.6) is 17.2 Å². The Labute approximate surface area is 202 Å². The number of esters is 1. The normalized spacial score (nSPS) is 17.1. The molecule has 8 nitrogen and oxygen atoms in total. The topological polar surface area (TPSA) is 102 Å². The van der Waals surface area contributed by atoms with E-state index in [4.69, 9.17) is 25.8 Å².